The lowest BCUT2D eigenvalue weighted by Gasteiger charge is -2.06. The van der Waals surface area contributed by atoms with Gasteiger partial charge < -0.3 is 5.11 Å². The van der Waals surface area contributed by atoms with Gasteiger partial charge in [0.2, 0.25) is 5.95 Å². The van der Waals surface area contributed by atoms with E-state index in [-0.39, 0.29) is 17.2 Å². The summed E-state index contributed by atoms with van der Waals surface area (Å²) in [7, 11) is 0. The Morgan fingerprint density at radius 2 is 2.16 bits per heavy atom. The Morgan fingerprint density at radius 3 is 2.63 bits per heavy atom. The molecular weight excluding hydrogens is 248 g/mol. The van der Waals surface area contributed by atoms with Crippen molar-refractivity contribution in [1.82, 2.24) is 19.7 Å². The molecule has 2 heterocycles. The van der Waals surface area contributed by atoms with Gasteiger partial charge >= 0.3 is 5.97 Å². The van der Waals surface area contributed by atoms with Gasteiger partial charge in [-0.1, -0.05) is 6.92 Å². The number of rotatable bonds is 3. The Hall–Kier alpha value is -2.44. The van der Waals surface area contributed by atoms with Gasteiger partial charge in [-0.15, -0.1) is 0 Å². The average Bonchev–Trinajstić information content (AvgIpc) is 2.71. The molecular formula is C12H14N4O3. The predicted octanol–water partition coefficient (Wildman–Crippen LogP) is 0.833. The van der Waals surface area contributed by atoms with Crippen LogP contribution in [0.15, 0.2) is 10.9 Å². The van der Waals surface area contributed by atoms with E-state index in [0.717, 1.165) is 0 Å². The van der Waals surface area contributed by atoms with Crippen molar-refractivity contribution in [2.75, 3.05) is 0 Å². The van der Waals surface area contributed by atoms with Crippen LogP contribution < -0.4 is 5.56 Å². The summed E-state index contributed by atoms with van der Waals surface area (Å²) in [6.45, 7) is 5.32. The Morgan fingerprint density at radius 1 is 1.47 bits per heavy atom. The van der Waals surface area contributed by atoms with Crippen LogP contribution in [0.5, 0.6) is 0 Å². The second kappa shape index (κ2) is 4.68. The lowest BCUT2D eigenvalue weighted by molar-refractivity contribution is 0.0690. The fraction of sp³-hybridized carbons (Fsp3) is 0.333. The van der Waals surface area contributed by atoms with E-state index >= 15 is 0 Å². The maximum absolute atomic E-state index is 11.9. The first-order valence-corrected chi connectivity index (χ1v) is 5.84. The molecule has 0 aliphatic rings. The Kier molecular flexibility index (Phi) is 3.20. The van der Waals surface area contributed by atoms with Crippen LogP contribution in [0.1, 0.15) is 34.4 Å². The van der Waals surface area contributed by atoms with Crippen molar-refractivity contribution >= 4 is 5.97 Å². The highest BCUT2D eigenvalue weighted by Gasteiger charge is 2.14. The summed E-state index contributed by atoms with van der Waals surface area (Å²) in [6.07, 6.45) is 0.590. The molecule has 0 amide bonds. The number of carbonyl (C=O) groups is 1. The minimum Gasteiger partial charge on any atom is -0.476 e. The molecule has 0 fully saturated rings. The highest BCUT2D eigenvalue weighted by molar-refractivity contribution is 5.85. The largest absolute Gasteiger partial charge is 0.476 e. The molecule has 0 atom stereocenters. The van der Waals surface area contributed by atoms with Crippen LogP contribution in [0.2, 0.25) is 0 Å². The van der Waals surface area contributed by atoms with E-state index in [2.05, 4.69) is 15.1 Å². The molecule has 7 nitrogen and oxygen atoms in total. The normalized spacial score (nSPS) is 10.7. The average molecular weight is 262 g/mol. The van der Waals surface area contributed by atoms with E-state index in [1.807, 2.05) is 6.92 Å². The maximum atomic E-state index is 11.9. The number of aromatic carboxylic acids is 1. The van der Waals surface area contributed by atoms with Crippen molar-refractivity contribution in [2.24, 2.45) is 0 Å². The van der Waals surface area contributed by atoms with Crippen molar-refractivity contribution in [3.63, 3.8) is 0 Å². The summed E-state index contributed by atoms with van der Waals surface area (Å²) in [5.74, 6) is -0.893. The molecule has 2 N–H and O–H groups in total. The highest BCUT2D eigenvalue weighted by atomic mass is 16.4. The quantitative estimate of drug-likeness (QED) is 0.853. The third-order valence-corrected chi connectivity index (χ3v) is 2.87. The van der Waals surface area contributed by atoms with Gasteiger partial charge in [-0.2, -0.15) is 5.10 Å². The number of carboxylic acid groups (broad SMARTS) is 1. The summed E-state index contributed by atoms with van der Waals surface area (Å²) in [5.41, 5.74) is 1.51. The molecule has 2 aromatic heterocycles. The summed E-state index contributed by atoms with van der Waals surface area (Å²) < 4.78 is 1.32. The van der Waals surface area contributed by atoms with Gasteiger partial charge in [-0.3, -0.25) is 9.78 Å². The highest BCUT2D eigenvalue weighted by Crippen LogP contribution is 2.09. The van der Waals surface area contributed by atoms with Gasteiger partial charge in [0.15, 0.2) is 5.69 Å². The summed E-state index contributed by atoms with van der Waals surface area (Å²) in [6, 6.07) is 1.42. The molecule has 0 aliphatic carbocycles. The molecule has 19 heavy (non-hydrogen) atoms. The molecule has 2 aromatic rings. The summed E-state index contributed by atoms with van der Waals surface area (Å²) >= 11 is 0. The van der Waals surface area contributed by atoms with E-state index in [4.69, 9.17) is 5.11 Å². The van der Waals surface area contributed by atoms with Gasteiger partial charge in [0.05, 0.1) is 0 Å². The van der Waals surface area contributed by atoms with Crippen molar-refractivity contribution in [1.29, 1.82) is 0 Å². The van der Waals surface area contributed by atoms with Gasteiger partial charge in [-0.25, -0.2) is 14.5 Å². The Bertz CT molecular complexity index is 699. The van der Waals surface area contributed by atoms with Crippen LogP contribution in [-0.2, 0) is 6.42 Å². The standard InChI is InChI=1S/C12H14N4O3/c1-4-8-7(3)13-12(14-10(8)17)16-6(2)5-9(15-16)11(18)19/h5H,4H2,1-3H3,(H,18,19)(H,13,14,17). The lowest BCUT2D eigenvalue weighted by Crippen LogP contribution is -2.20. The van der Waals surface area contributed by atoms with Gasteiger partial charge in [0.25, 0.3) is 5.56 Å². The molecule has 0 unspecified atom stereocenters. The van der Waals surface area contributed by atoms with Crippen molar-refractivity contribution in [3.8, 4) is 5.95 Å². The first kappa shape index (κ1) is 13.0. The van der Waals surface area contributed by atoms with Crippen LogP contribution in [0.3, 0.4) is 0 Å². The molecule has 0 aromatic carbocycles. The monoisotopic (exact) mass is 262 g/mol. The van der Waals surface area contributed by atoms with Crippen LogP contribution in [0.25, 0.3) is 5.95 Å². The molecule has 0 saturated heterocycles. The smallest absolute Gasteiger partial charge is 0.356 e. The van der Waals surface area contributed by atoms with Crippen molar-refractivity contribution in [3.05, 3.63) is 39.1 Å². The van der Waals surface area contributed by atoms with E-state index < -0.39 is 5.97 Å². The van der Waals surface area contributed by atoms with Crippen LogP contribution in [0.4, 0.5) is 0 Å². The molecule has 0 saturated carbocycles. The maximum Gasteiger partial charge on any atom is 0.356 e. The first-order chi connectivity index (χ1) is 8.93. The zero-order chi connectivity index (χ0) is 14.2. The van der Waals surface area contributed by atoms with Crippen LogP contribution in [-0.4, -0.2) is 30.8 Å². The molecule has 7 heteroatoms. The first-order valence-electron chi connectivity index (χ1n) is 5.84. The number of H-pyrrole nitrogens is 1. The van der Waals surface area contributed by atoms with Gasteiger partial charge in [0, 0.05) is 17.0 Å². The van der Waals surface area contributed by atoms with Crippen LogP contribution in [0, 0.1) is 13.8 Å². The number of hydrogen-bond donors (Lipinski definition) is 2. The van der Waals surface area contributed by atoms with E-state index in [0.29, 0.717) is 23.4 Å². The molecule has 0 aliphatic heterocycles. The number of nitrogens with zero attached hydrogens (tertiary/aromatic N) is 3. The molecule has 0 radical (unpaired) electrons. The number of aromatic amines is 1. The van der Waals surface area contributed by atoms with Crippen LogP contribution >= 0.6 is 0 Å². The SMILES string of the molecule is CCc1c(C)nc(-n2nc(C(=O)O)cc2C)[nH]c1=O. The van der Waals surface area contributed by atoms with E-state index in [9.17, 15) is 9.59 Å². The molecule has 100 valence electrons. The van der Waals surface area contributed by atoms with Crippen molar-refractivity contribution < 1.29 is 9.90 Å². The zero-order valence-corrected chi connectivity index (χ0v) is 10.9. The number of nitrogens with one attached hydrogen (secondary N) is 1. The minimum atomic E-state index is -1.12. The molecule has 0 spiro atoms. The molecule has 0 bridgehead atoms. The molecule has 2 rings (SSSR count). The number of hydrogen-bond acceptors (Lipinski definition) is 4. The summed E-state index contributed by atoms with van der Waals surface area (Å²) in [4.78, 5) is 29.6. The Balaban J connectivity index is 2.60. The second-order valence-electron chi connectivity index (χ2n) is 4.19. The second-order valence-corrected chi connectivity index (χ2v) is 4.19. The fourth-order valence-electron chi connectivity index (χ4n) is 1.91. The lowest BCUT2D eigenvalue weighted by atomic mass is 10.2. The fourth-order valence-corrected chi connectivity index (χ4v) is 1.91. The predicted molar refractivity (Wildman–Crippen MR) is 67.8 cm³/mol. The topological polar surface area (TPSA) is 101 Å². The van der Waals surface area contributed by atoms with Crippen molar-refractivity contribution in [2.45, 2.75) is 27.2 Å². The third kappa shape index (κ3) is 2.26. The zero-order valence-electron chi connectivity index (χ0n) is 10.9. The Labute approximate surface area is 108 Å². The summed E-state index contributed by atoms with van der Waals surface area (Å²) in [5, 5.41) is 12.8. The number of carboxylic acids is 1. The minimum absolute atomic E-state index is 0.0858. The number of aryl methyl sites for hydroxylation is 2. The van der Waals surface area contributed by atoms with Gasteiger partial charge in [0.1, 0.15) is 0 Å². The van der Waals surface area contributed by atoms with E-state index in [1.165, 1.54) is 10.7 Å². The van der Waals surface area contributed by atoms with E-state index in [1.54, 1.807) is 13.8 Å². The number of aromatic nitrogens is 4. The van der Waals surface area contributed by atoms with Gasteiger partial charge in [-0.05, 0) is 26.3 Å². The third-order valence-electron chi connectivity index (χ3n) is 2.87.